The molecule has 1 heterocycles. The van der Waals surface area contributed by atoms with Crippen LogP contribution in [-0.4, -0.2) is 16.1 Å². The van der Waals surface area contributed by atoms with E-state index < -0.39 is 6.30 Å². The van der Waals surface area contributed by atoms with Crippen molar-refractivity contribution in [2.24, 2.45) is 0 Å². The average molecular weight is 164 g/mol. The highest BCUT2D eigenvalue weighted by molar-refractivity contribution is 5.73. The molecule has 3 nitrogen and oxygen atoms in total. The zero-order valence-corrected chi connectivity index (χ0v) is 5.17. The normalized spacial score (nSPS) is 11.5. The number of alkyl halides is 3. The lowest BCUT2D eigenvalue weighted by atomic mass is 10.4. The molecule has 0 radical (unpaired) electrons. The molecule has 0 N–H and O–H groups in total. The van der Waals surface area contributed by atoms with E-state index >= 15 is 0 Å². The third-order valence-corrected chi connectivity index (χ3v) is 0.998. The molecule has 60 valence electrons. The van der Waals surface area contributed by atoms with Crippen LogP contribution in [0.15, 0.2) is 12.4 Å². The second-order valence-corrected chi connectivity index (χ2v) is 1.80. The van der Waals surface area contributed by atoms with Gasteiger partial charge in [0.15, 0.2) is 6.29 Å². The zero-order chi connectivity index (χ0) is 8.48. The van der Waals surface area contributed by atoms with Crippen LogP contribution in [0.25, 0.3) is 0 Å². The molecular formula is C5H3F3N2O. The third-order valence-electron chi connectivity index (χ3n) is 0.998. The van der Waals surface area contributed by atoms with Crippen LogP contribution in [0.5, 0.6) is 0 Å². The first-order valence-electron chi connectivity index (χ1n) is 2.61. The highest BCUT2D eigenvalue weighted by Crippen LogP contribution is 2.20. The molecule has 0 saturated heterocycles. The Hall–Kier alpha value is -1.33. The topological polar surface area (TPSA) is 34.9 Å². The van der Waals surface area contributed by atoms with E-state index in [9.17, 15) is 18.0 Å². The lowest BCUT2D eigenvalue weighted by Gasteiger charge is -2.03. The molecule has 0 aliphatic heterocycles. The maximum absolute atomic E-state index is 11.7. The van der Waals surface area contributed by atoms with Gasteiger partial charge in [-0.2, -0.15) is 9.78 Å². The summed E-state index contributed by atoms with van der Waals surface area (Å²) in [6, 6.07) is 0. The summed E-state index contributed by atoms with van der Waals surface area (Å²) in [5.74, 6) is 0. The number of carbonyl (C=O) groups excluding carboxylic acids is 1. The van der Waals surface area contributed by atoms with Gasteiger partial charge in [0.1, 0.15) is 0 Å². The minimum Gasteiger partial charge on any atom is -0.298 e. The molecule has 0 spiro atoms. The highest BCUT2D eigenvalue weighted by atomic mass is 19.4. The summed E-state index contributed by atoms with van der Waals surface area (Å²) in [5, 5.41) is 2.92. The number of aldehydes is 1. The third kappa shape index (κ3) is 1.57. The molecule has 1 aromatic rings. The number of hydrogen-bond donors (Lipinski definition) is 0. The molecule has 11 heavy (non-hydrogen) atoms. The Balaban J connectivity index is 2.98. The van der Waals surface area contributed by atoms with Crippen LogP contribution in [-0.2, 0) is 6.30 Å². The zero-order valence-electron chi connectivity index (χ0n) is 5.17. The van der Waals surface area contributed by atoms with Crippen LogP contribution >= 0.6 is 0 Å². The van der Waals surface area contributed by atoms with E-state index in [1.165, 1.54) is 0 Å². The van der Waals surface area contributed by atoms with E-state index in [-0.39, 0.29) is 10.2 Å². The van der Waals surface area contributed by atoms with E-state index in [4.69, 9.17) is 0 Å². The number of aromatic nitrogens is 2. The second-order valence-electron chi connectivity index (χ2n) is 1.80. The van der Waals surface area contributed by atoms with Crippen LogP contribution in [0.2, 0.25) is 0 Å². The number of halogens is 3. The highest BCUT2D eigenvalue weighted by Gasteiger charge is 2.31. The van der Waals surface area contributed by atoms with Crippen LogP contribution in [0.1, 0.15) is 10.4 Å². The molecule has 1 aromatic heterocycles. The van der Waals surface area contributed by atoms with Crippen LogP contribution in [0.4, 0.5) is 13.2 Å². The molecule has 0 fully saturated rings. The van der Waals surface area contributed by atoms with Crippen LogP contribution in [0, 0.1) is 0 Å². The molecule has 6 heteroatoms. The van der Waals surface area contributed by atoms with Crippen molar-refractivity contribution in [3.63, 3.8) is 0 Å². The van der Waals surface area contributed by atoms with E-state index in [0.29, 0.717) is 12.5 Å². The molecule has 0 unspecified atom stereocenters. The monoisotopic (exact) mass is 164 g/mol. The van der Waals surface area contributed by atoms with Gasteiger partial charge < -0.3 is 0 Å². The minimum absolute atomic E-state index is 0.0951. The lowest BCUT2D eigenvalue weighted by molar-refractivity contribution is -0.212. The van der Waals surface area contributed by atoms with Gasteiger partial charge in [0, 0.05) is 6.20 Å². The average Bonchev–Trinajstić information content (AvgIpc) is 2.32. The maximum atomic E-state index is 11.7. The predicted molar refractivity (Wildman–Crippen MR) is 28.9 cm³/mol. The Morgan fingerprint density at radius 1 is 1.55 bits per heavy atom. The Morgan fingerprint density at radius 2 is 2.18 bits per heavy atom. The van der Waals surface area contributed by atoms with Gasteiger partial charge >= 0.3 is 6.30 Å². The van der Waals surface area contributed by atoms with Crippen LogP contribution in [0.3, 0.4) is 0 Å². The van der Waals surface area contributed by atoms with Crippen molar-refractivity contribution >= 4 is 6.29 Å². The maximum Gasteiger partial charge on any atom is 0.504 e. The summed E-state index contributed by atoms with van der Waals surface area (Å²) in [4.78, 5) is 9.93. The van der Waals surface area contributed by atoms with Gasteiger partial charge in [-0.1, -0.05) is 0 Å². The summed E-state index contributed by atoms with van der Waals surface area (Å²) < 4.78 is 34.9. The summed E-state index contributed by atoms with van der Waals surface area (Å²) >= 11 is 0. The summed E-state index contributed by atoms with van der Waals surface area (Å²) in [5.41, 5.74) is -0.0951. The fourth-order valence-electron chi connectivity index (χ4n) is 0.536. The summed E-state index contributed by atoms with van der Waals surface area (Å²) in [7, 11) is 0. The number of rotatable bonds is 1. The van der Waals surface area contributed by atoms with Gasteiger partial charge in [0.2, 0.25) is 0 Å². The molecule has 0 aromatic carbocycles. The van der Waals surface area contributed by atoms with Crippen molar-refractivity contribution in [3.8, 4) is 0 Å². The fourth-order valence-corrected chi connectivity index (χ4v) is 0.536. The first-order chi connectivity index (χ1) is 5.04. The van der Waals surface area contributed by atoms with Crippen molar-refractivity contribution in [1.29, 1.82) is 0 Å². The van der Waals surface area contributed by atoms with E-state index in [1.54, 1.807) is 0 Å². The molecule has 0 bridgehead atoms. The summed E-state index contributed by atoms with van der Waals surface area (Å²) in [6.45, 7) is 0. The van der Waals surface area contributed by atoms with E-state index in [2.05, 4.69) is 5.10 Å². The van der Waals surface area contributed by atoms with Crippen molar-refractivity contribution in [2.75, 3.05) is 0 Å². The van der Waals surface area contributed by atoms with Gasteiger partial charge in [-0.3, -0.25) is 4.79 Å². The number of hydrogen-bond acceptors (Lipinski definition) is 2. The number of carbonyl (C=O) groups is 1. The summed E-state index contributed by atoms with van der Waals surface area (Å²) in [6.07, 6.45) is -2.77. The van der Waals surface area contributed by atoms with Gasteiger partial charge in [0.25, 0.3) is 0 Å². The quantitative estimate of drug-likeness (QED) is 0.584. The first kappa shape index (κ1) is 7.77. The van der Waals surface area contributed by atoms with Crippen LogP contribution < -0.4 is 0 Å². The Morgan fingerprint density at radius 3 is 2.45 bits per heavy atom. The number of nitrogens with zero attached hydrogens (tertiary/aromatic N) is 2. The molecule has 1 rings (SSSR count). The smallest absolute Gasteiger partial charge is 0.298 e. The van der Waals surface area contributed by atoms with Gasteiger partial charge in [0.05, 0.1) is 11.8 Å². The van der Waals surface area contributed by atoms with Crippen molar-refractivity contribution in [3.05, 3.63) is 18.0 Å². The van der Waals surface area contributed by atoms with E-state index in [0.717, 1.165) is 6.20 Å². The molecule has 0 saturated carbocycles. The van der Waals surface area contributed by atoms with E-state index in [1.807, 2.05) is 0 Å². The Labute approximate surface area is 59.4 Å². The standard InChI is InChI=1S/C5H3F3N2O/c6-5(7,8)10-2-4(3-11)1-9-10/h1-3H. The molecule has 0 aliphatic carbocycles. The molecule has 0 aliphatic rings. The largest absolute Gasteiger partial charge is 0.504 e. The predicted octanol–water partition coefficient (Wildman–Crippen LogP) is 1.17. The SMILES string of the molecule is O=Cc1cnn(C(F)(F)F)c1. The molecular weight excluding hydrogens is 161 g/mol. The van der Waals surface area contributed by atoms with Crippen molar-refractivity contribution in [2.45, 2.75) is 6.30 Å². The van der Waals surface area contributed by atoms with Crippen molar-refractivity contribution < 1.29 is 18.0 Å². The van der Waals surface area contributed by atoms with Gasteiger partial charge in [-0.15, -0.1) is 13.2 Å². The lowest BCUT2D eigenvalue weighted by Crippen LogP contribution is -2.16. The fraction of sp³-hybridized carbons (Fsp3) is 0.200. The van der Waals surface area contributed by atoms with Gasteiger partial charge in [-0.25, -0.2) is 0 Å². The molecule has 0 atom stereocenters. The molecule has 0 amide bonds. The first-order valence-corrected chi connectivity index (χ1v) is 2.61. The second kappa shape index (κ2) is 2.37. The minimum atomic E-state index is -4.54. The van der Waals surface area contributed by atoms with Gasteiger partial charge in [-0.05, 0) is 0 Å². The Kier molecular flexibility index (Phi) is 1.67. The van der Waals surface area contributed by atoms with Crippen molar-refractivity contribution in [1.82, 2.24) is 9.78 Å². The Bertz CT molecular complexity index is 265.